The van der Waals surface area contributed by atoms with Crippen molar-refractivity contribution >= 4 is 78.7 Å². The van der Waals surface area contributed by atoms with Crippen molar-refractivity contribution in [1.82, 2.24) is 4.98 Å². The van der Waals surface area contributed by atoms with Crippen LogP contribution in [-0.2, 0) is 10.0 Å². The number of halogens is 4. The summed E-state index contributed by atoms with van der Waals surface area (Å²) in [6, 6.07) is 13.4. The lowest BCUT2D eigenvalue weighted by Gasteiger charge is -2.28. The number of alkyl halides is 3. The lowest BCUT2D eigenvalue weighted by Crippen LogP contribution is -2.36. The van der Waals surface area contributed by atoms with Gasteiger partial charge in [0.25, 0.3) is 10.0 Å². The van der Waals surface area contributed by atoms with E-state index in [-0.39, 0.29) is 0 Å². The van der Waals surface area contributed by atoms with E-state index in [2.05, 4.69) is 4.98 Å². The van der Waals surface area contributed by atoms with Crippen LogP contribution < -0.4 is 4.31 Å². The van der Waals surface area contributed by atoms with Gasteiger partial charge in [-0.1, -0.05) is 76.7 Å². The predicted octanol–water partition coefficient (Wildman–Crippen LogP) is 5.62. The van der Waals surface area contributed by atoms with Crippen molar-refractivity contribution in [2.24, 2.45) is 0 Å². The van der Waals surface area contributed by atoms with Crippen LogP contribution in [0.25, 0.3) is 10.9 Å². The van der Waals surface area contributed by atoms with Crippen LogP contribution in [0.4, 0.5) is 11.4 Å². The summed E-state index contributed by atoms with van der Waals surface area (Å²) in [6.07, 6.45) is 1.57. The number of aromatic nitrogens is 1. The maximum Gasteiger partial charge on any atom is 0.312 e. The molecule has 1 N–H and O–H groups in total. The number of H-pyrrole nitrogens is 1. The minimum absolute atomic E-state index is 0.303. The van der Waals surface area contributed by atoms with E-state index in [0.29, 0.717) is 27.3 Å². The monoisotopic (exact) mass is 422 g/mol. The molecule has 1 heterocycles. The molecule has 0 saturated carbocycles. The third-order valence-corrected chi connectivity index (χ3v) is 6.93. The Kier molecular flexibility index (Phi) is 4.66. The minimum atomic E-state index is -4.36. The fourth-order valence-corrected chi connectivity index (χ4v) is 4.20. The van der Waals surface area contributed by atoms with Gasteiger partial charge < -0.3 is 4.98 Å². The number of para-hydroxylation sites is 2. The van der Waals surface area contributed by atoms with Gasteiger partial charge in [0.2, 0.25) is 0 Å². The first kappa shape index (κ1) is 17.7. The number of aromatic amines is 1. The second kappa shape index (κ2) is 6.32. The zero-order chi connectivity index (χ0) is 17.5. The van der Waals surface area contributed by atoms with Gasteiger partial charge in [0, 0.05) is 11.6 Å². The fourth-order valence-electron chi connectivity index (χ4n) is 2.35. The highest BCUT2D eigenvalue weighted by molar-refractivity contribution is 7.98. The number of benzene rings is 2. The first-order chi connectivity index (χ1) is 11.2. The van der Waals surface area contributed by atoms with Crippen LogP contribution in [0.3, 0.4) is 0 Å². The average molecular weight is 424 g/mol. The summed E-state index contributed by atoms with van der Waals surface area (Å²) < 4.78 is 24.2. The van der Waals surface area contributed by atoms with Crippen molar-refractivity contribution < 1.29 is 8.42 Å². The van der Waals surface area contributed by atoms with E-state index in [0.717, 1.165) is 4.31 Å². The molecule has 0 saturated heterocycles. The number of sulfonamides is 1. The molecule has 3 aromatic rings. The second-order valence-corrected chi connectivity index (χ2v) is 10.2. The van der Waals surface area contributed by atoms with E-state index in [1.54, 1.807) is 54.7 Å². The lowest BCUT2D eigenvalue weighted by molar-refractivity contribution is 0.596. The standard InChI is InChI=1S/C15H10Cl4N2O2S/c16-12-9-20-14-11(12)7-4-8-13(14)21(10-5-2-1-3-6-10)24(22,23)15(17,18)19/h1-9,20H. The summed E-state index contributed by atoms with van der Waals surface area (Å²) in [5.74, 6) is 0. The Morgan fingerprint density at radius 3 is 2.25 bits per heavy atom. The number of hydrogen-bond donors (Lipinski definition) is 1. The highest BCUT2D eigenvalue weighted by Crippen LogP contribution is 2.43. The molecule has 24 heavy (non-hydrogen) atoms. The molecule has 0 spiro atoms. The van der Waals surface area contributed by atoms with Crippen LogP contribution in [-0.4, -0.2) is 16.5 Å². The van der Waals surface area contributed by atoms with Crippen molar-refractivity contribution in [1.29, 1.82) is 0 Å². The molecular weight excluding hydrogens is 414 g/mol. The number of rotatable bonds is 3. The number of nitrogens with zero attached hydrogens (tertiary/aromatic N) is 1. The van der Waals surface area contributed by atoms with Gasteiger partial charge in [-0.25, -0.2) is 12.7 Å². The number of nitrogens with one attached hydrogen (secondary N) is 1. The maximum atomic E-state index is 12.9. The zero-order valence-corrected chi connectivity index (χ0v) is 15.7. The van der Waals surface area contributed by atoms with Crippen molar-refractivity contribution in [3.05, 3.63) is 59.8 Å². The topological polar surface area (TPSA) is 53.2 Å². The van der Waals surface area contributed by atoms with E-state index in [4.69, 9.17) is 46.4 Å². The summed E-state index contributed by atoms with van der Waals surface area (Å²) in [7, 11) is -4.36. The fraction of sp³-hybridized carbons (Fsp3) is 0.0667. The molecule has 0 radical (unpaired) electrons. The van der Waals surface area contributed by atoms with Crippen molar-refractivity contribution in [2.75, 3.05) is 4.31 Å². The van der Waals surface area contributed by atoms with Gasteiger partial charge in [-0.05, 0) is 18.2 Å². The van der Waals surface area contributed by atoms with Crippen LogP contribution in [0.1, 0.15) is 0 Å². The van der Waals surface area contributed by atoms with Gasteiger partial charge in [0.05, 0.1) is 21.9 Å². The number of fused-ring (bicyclic) bond motifs is 1. The van der Waals surface area contributed by atoms with E-state index < -0.39 is 13.1 Å². The molecular formula is C15H10Cl4N2O2S. The summed E-state index contributed by atoms with van der Waals surface area (Å²) in [5.41, 5.74) is 1.16. The average Bonchev–Trinajstić information content (AvgIpc) is 2.90. The Morgan fingerprint density at radius 1 is 0.958 bits per heavy atom. The van der Waals surface area contributed by atoms with Gasteiger partial charge in [0.1, 0.15) is 0 Å². The summed E-state index contributed by atoms with van der Waals surface area (Å²) in [5, 5.41) is 1.13. The Bertz CT molecular complexity index is 982. The first-order valence-corrected chi connectivity index (χ1v) is 9.61. The third-order valence-electron chi connectivity index (χ3n) is 3.39. The van der Waals surface area contributed by atoms with Gasteiger partial charge >= 0.3 is 3.12 Å². The number of hydrogen-bond acceptors (Lipinski definition) is 2. The van der Waals surface area contributed by atoms with Crippen LogP contribution in [0, 0.1) is 0 Å². The van der Waals surface area contributed by atoms with E-state index in [1.807, 2.05) is 0 Å². The molecule has 0 aliphatic carbocycles. The van der Waals surface area contributed by atoms with Crippen molar-refractivity contribution in [2.45, 2.75) is 3.12 Å². The molecule has 0 amide bonds. The molecule has 1 aromatic heterocycles. The third kappa shape index (κ3) is 2.95. The van der Waals surface area contributed by atoms with Gasteiger partial charge in [-0.2, -0.15) is 0 Å². The lowest BCUT2D eigenvalue weighted by atomic mass is 10.2. The first-order valence-electron chi connectivity index (χ1n) is 6.66. The normalized spacial score (nSPS) is 12.5. The Hall–Kier alpha value is -1.11. The smallest absolute Gasteiger partial charge is 0.312 e. The van der Waals surface area contributed by atoms with Gasteiger partial charge in [-0.3, -0.25) is 0 Å². The molecule has 0 fully saturated rings. The number of anilines is 2. The highest BCUT2D eigenvalue weighted by atomic mass is 35.6. The Morgan fingerprint density at radius 2 is 1.62 bits per heavy atom. The molecule has 0 atom stereocenters. The minimum Gasteiger partial charge on any atom is -0.358 e. The Balaban J connectivity index is 2.34. The summed E-state index contributed by atoms with van der Waals surface area (Å²) in [4.78, 5) is 2.96. The van der Waals surface area contributed by atoms with E-state index in [1.165, 1.54) is 0 Å². The van der Waals surface area contributed by atoms with Crippen molar-refractivity contribution in [3.63, 3.8) is 0 Å². The van der Waals surface area contributed by atoms with Crippen LogP contribution >= 0.6 is 46.4 Å². The van der Waals surface area contributed by atoms with Crippen LogP contribution in [0.2, 0.25) is 5.02 Å². The molecule has 0 aliphatic rings. The largest absolute Gasteiger partial charge is 0.358 e. The molecule has 0 unspecified atom stereocenters. The quantitative estimate of drug-likeness (QED) is 0.556. The van der Waals surface area contributed by atoms with Gasteiger partial charge in [-0.15, -0.1) is 0 Å². The highest BCUT2D eigenvalue weighted by Gasteiger charge is 2.44. The molecule has 3 rings (SSSR count). The van der Waals surface area contributed by atoms with Crippen LogP contribution in [0.5, 0.6) is 0 Å². The van der Waals surface area contributed by atoms with E-state index in [9.17, 15) is 8.42 Å². The summed E-state index contributed by atoms with van der Waals surface area (Å²) >= 11 is 23.3. The molecule has 9 heteroatoms. The SMILES string of the molecule is O=S(=O)(N(c1ccccc1)c1cccc2c(Cl)c[nH]c12)C(Cl)(Cl)Cl. The summed E-state index contributed by atoms with van der Waals surface area (Å²) in [6.45, 7) is 0. The molecule has 0 bridgehead atoms. The van der Waals surface area contributed by atoms with E-state index >= 15 is 0 Å². The molecule has 0 aliphatic heterocycles. The van der Waals surface area contributed by atoms with Crippen molar-refractivity contribution in [3.8, 4) is 0 Å². The molecule has 4 nitrogen and oxygen atoms in total. The molecule has 126 valence electrons. The second-order valence-electron chi connectivity index (χ2n) is 4.89. The van der Waals surface area contributed by atoms with Crippen LogP contribution in [0.15, 0.2) is 54.7 Å². The predicted molar refractivity (Wildman–Crippen MR) is 101 cm³/mol. The zero-order valence-electron chi connectivity index (χ0n) is 11.9. The maximum absolute atomic E-state index is 12.9. The Labute approximate surface area is 158 Å². The van der Waals surface area contributed by atoms with Gasteiger partial charge in [0.15, 0.2) is 0 Å². The molecule has 2 aromatic carbocycles.